The quantitative estimate of drug-likeness (QED) is 0.219. The smallest absolute Gasteiger partial charge is 0.312 e. The van der Waals surface area contributed by atoms with Crippen LogP contribution < -0.4 is 9.64 Å². The monoisotopic (exact) mass is 540 g/mol. The maximum atomic E-state index is 14.5. The molecule has 0 aromatic heterocycles. The fourth-order valence-corrected chi connectivity index (χ4v) is 6.57. The molecule has 39 heavy (non-hydrogen) atoms. The van der Waals surface area contributed by atoms with Gasteiger partial charge in [-0.3, -0.25) is 14.4 Å². The minimum atomic E-state index is -1.13. The fraction of sp³-hybridized carbons (Fsp3) is 0.567. The normalized spacial score (nSPS) is 28.7. The van der Waals surface area contributed by atoms with Gasteiger partial charge in [-0.25, -0.2) is 0 Å². The molecule has 2 bridgehead atoms. The van der Waals surface area contributed by atoms with Gasteiger partial charge in [-0.2, -0.15) is 0 Å². The largest absolute Gasteiger partial charge is 0.497 e. The van der Waals surface area contributed by atoms with Crippen molar-refractivity contribution in [3.63, 3.8) is 0 Å². The number of rotatable bonds is 14. The second kappa shape index (κ2) is 11.9. The number of esters is 1. The molecule has 2 unspecified atom stereocenters. The summed E-state index contributed by atoms with van der Waals surface area (Å²) >= 11 is 0. The number of likely N-dealkylation sites (tertiary alicyclic amines) is 1. The van der Waals surface area contributed by atoms with Crippen LogP contribution in [0, 0.1) is 11.8 Å². The van der Waals surface area contributed by atoms with Crippen molar-refractivity contribution in [2.45, 2.75) is 62.7 Å². The molecule has 3 aliphatic rings. The highest BCUT2D eigenvalue weighted by Gasteiger charge is 2.78. The Morgan fingerprint density at radius 1 is 1.18 bits per heavy atom. The van der Waals surface area contributed by atoms with Crippen molar-refractivity contribution in [1.29, 1.82) is 0 Å². The Labute approximate surface area is 230 Å². The third kappa shape index (κ3) is 5.10. The van der Waals surface area contributed by atoms with Crippen LogP contribution in [0.1, 0.15) is 45.4 Å². The summed E-state index contributed by atoms with van der Waals surface area (Å²) in [6, 6.07) is 6.25. The van der Waals surface area contributed by atoms with E-state index in [2.05, 4.69) is 13.2 Å². The molecule has 3 heterocycles. The predicted octanol–water partition coefficient (Wildman–Crippen LogP) is 3.26. The van der Waals surface area contributed by atoms with E-state index in [0.29, 0.717) is 56.5 Å². The second-order valence-corrected chi connectivity index (χ2v) is 10.7. The van der Waals surface area contributed by atoms with Gasteiger partial charge in [0, 0.05) is 25.4 Å². The summed E-state index contributed by atoms with van der Waals surface area (Å²) in [7, 11) is 1.58. The Bertz CT molecular complexity index is 1090. The van der Waals surface area contributed by atoms with Gasteiger partial charge in [0.2, 0.25) is 5.91 Å². The Morgan fingerprint density at radius 3 is 2.56 bits per heavy atom. The van der Waals surface area contributed by atoms with Crippen LogP contribution in [-0.4, -0.2) is 78.4 Å². The number of aliphatic hydroxyl groups excluding tert-OH is 1. The van der Waals surface area contributed by atoms with E-state index in [4.69, 9.17) is 14.2 Å². The molecule has 1 spiro atoms. The maximum Gasteiger partial charge on any atom is 0.312 e. The van der Waals surface area contributed by atoms with Gasteiger partial charge in [0.15, 0.2) is 0 Å². The first kappa shape index (κ1) is 28.8. The molecule has 9 heteroatoms. The number of carbonyl (C=O) groups excluding carboxylic acids is 3. The lowest BCUT2D eigenvalue weighted by atomic mass is 9.66. The molecular formula is C30H40N2O7. The number of fused-ring (bicyclic) bond motifs is 1. The van der Waals surface area contributed by atoms with Crippen molar-refractivity contribution >= 4 is 23.5 Å². The average molecular weight is 541 g/mol. The van der Waals surface area contributed by atoms with Gasteiger partial charge in [0.25, 0.3) is 5.91 Å². The first-order valence-corrected chi connectivity index (χ1v) is 13.7. The third-order valence-electron chi connectivity index (χ3n) is 8.35. The Hall–Kier alpha value is -3.17. The van der Waals surface area contributed by atoms with E-state index >= 15 is 0 Å². The topological polar surface area (TPSA) is 106 Å². The molecule has 0 radical (unpaired) electrons. The number of ether oxygens (including phenoxy) is 3. The van der Waals surface area contributed by atoms with Crippen molar-refractivity contribution in [3.05, 3.63) is 49.6 Å². The minimum absolute atomic E-state index is 0.0630. The number of anilines is 1. The van der Waals surface area contributed by atoms with Crippen LogP contribution in [-0.2, 0) is 23.9 Å². The molecule has 0 aliphatic carbocycles. The Morgan fingerprint density at radius 2 is 1.92 bits per heavy atom. The summed E-state index contributed by atoms with van der Waals surface area (Å²) in [5.74, 6) is -1.93. The van der Waals surface area contributed by atoms with Gasteiger partial charge in [0.05, 0.1) is 25.2 Å². The Balaban J connectivity index is 1.72. The molecule has 1 aromatic rings. The van der Waals surface area contributed by atoms with Crippen molar-refractivity contribution in [2.75, 3.05) is 38.3 Å². The van der Waals surface area contributed by atoms with Crippen LogP contribution in [0.5, 0.6) is 5.75 Å². The van der Waals surface area contributed by atoms with E-state index in [1.54, 1.807) is 53.3 Å². The van der Waals surface area contributed by atoms with Crippen LogP contribution in [0.3, 0.4) is 0 Å². The molecule has 212 valence electrons. The number of hydrogen-bond acceptors (Lipinski definition) is 7. The van der Waals surface area contributed by atoms with Crippen LogP contribution in [0.4, 0.5) is 5.69 Å². The molecule has 4 rings (SSSR count). The van der Waals surface area contributed by atoms with E-state index in [1.165, 1.54) is 0 Å². The predicted molar refractivity (Wildman–Crippen MR) is 146 cm³/mol. The van der Waals surface area contributed by atoms with Crippen molar-refractivity contribution < 1.29 is 33.7 Å². The molecular weight excluding hydrogens is 500 g/mol. The zero-order valence-electron chi connectivity index (χ0n) is 23.0. The van der Waals surface area contributed by atoms with Crippen LogP contribution in [0.25, 0.3) is 0 Å². The molecule has 2 amide bonds. The van der Waals surface area contributed by atoms with Crippen LogP contribution in [0.15, 0.2) is 49.6 Å². The number of hydrogen-bond donors (Lipinski definition) is 1. The summed E-state index contributed by atoms with van der Waals surface area (Å²) in [5, 5.41) is 9.24. The summed E-state index contributed by atoms with van der Waals surface area (Å²) in [6.45, 7) is 10.2. The van der Waals surface area contributed by atoms with Crippen molar-refractivity contribution in [3.8, 4) is 5.75 Å². The maximum absolute atomic E-state index is 14.5. The average Bonchev–Trinajstić information content (AvgIpc) is 3.50. The van der Waals surface area contributed by atoms with Gasteiger partial charge in [-0.05, 0) is 69.7 Å². The van der Waals surface area contributed by atoms with Gasteiger partial charge >= 0.3 is 5.97 Å². The number of methoxy groups -OCH3 is 1. The van der Waals surface area contributed by atoms with Crippen LogP contribution in [0.2, 0.25) is 0 Å². The van der Waals surface area contributed by atoms with Crippen molar-refractivity contribution in [2.24, 2.45) is 11.8 Å². The molecule has 9 nitrogen and oxygen atoms in total. The molecule has 1 aromatic carbocycles. The number of carbonyl (C=O) groups is 3. The highest BCUT2D eigenvalue weighted by molar-refractivity contribution is 6.04. The molecule has 0 saturated carbocycles. The van der Waals surface area contributed by atoms with Gasteiger partial charge in [0.1, 0.15) is 23.3 Å². The summed E-state index contributed by atoms with van der Waals surface area (Å²) in [5.41, 5.74) is -1.38. The highest BCUT2D eigenvalue weighted by atomic mass is 16.6. The molecule has 3 saturated heterocycles. The van der Waals surface area contributed by atoms with E-state index in [0.717, 1.165) is 0 Å². The first-order chi connectivity index (χ1) is 18.8. The van der Waals surface area contributed by atoms with Gasteiger partial charge in [-0.1, -0.05) is 12.2 Å². The lowest BCUT2D eigenvalue weighted by molar-refractivity contribution is -0.159. The molecule has 1 N–H and O–H groups in total. The lowest BCUT2D eigenvalue weighted by Crippen LogP contribution is -2.56. The number of amides is 2. The number of aliphatic hydroxyl groups is 1. The highest BCUT2D eigenvalue weighted by Crippen LogP contribution is 2.63. The fourth-order valence-electron chi connectivity index (χ4n) is 6.57. The summed E-state index contributed by atoms with van der Waals surface area (Å²) in [6.07, 6.45) is 6.80. The van der Waals surface area contributed by atoms with E-state index in [-0.39, 0.29) is 31.6 Å². The zero-order valence-corrected chi connectivity index (χ0v) is 23.0. The summed E-state index contributed by atoms with van der Waals surface area (Å²) in [4.78, 5) is 45.1. The lowest BCUT2D eigenvalue weighted by Gasteiger charge is -2.37. The van der Waals surface area contributed by atoms with Crippen LogP contribution >= 0.6 is 0 Å². The molecule has 5 atom stereocenters. The SMILES string of the molecule is C=CCCOC(=O)[C@@H]1[C@H]2C(=O)N(CCCCCO)C(C(=O)N(CC=C)c3ccc(OC)cc3)C23CC[C@@]1(C)O3. The summed E-state index contributed by atoms with van der Waals surface area (Å²) < 4.78 is 17.5. The van der Waals surface area contributed by atoms with Crippen molar-refractivity contribution in [1.82, 2.24) is 4.90 Å². The molecule has 3 fully saturated rings. The van der Waals surface area contributed by atoms with E-state index in [9.17, 15) is 19.5 Å². The standard InChI is InChI=1S/C30H40N2O7/c1-5-7-20-38-28(36)24-23-26(34)32(18-9-8-10-19-33)25(30(23)16-15-29(24,3)39-30)27(35)31(17-6-2)21-11-13-22(37-4)14-12-21/h5-6,11-14,23-25,33H,1-2,7-10,15-20H2,3-4H3/t23-,24-,25?,29+,30?/m0/s1. The number of nitrogens with zero attached hydrogens (tertiary/aromatic N) is 2. The number of unbranched alkanes of at least 4 members (excludes halogenated alkanes) is 2. The minimum Gasteiger partial charge on any atom is -0.497 e. The first-order valence-electron chi connectivity index (χ1n) is 13.7. The van der Waals surface area contributed by atoms with Gasteiger partial charge in [-0.15, -0.1) is 13.2 Å². The second-order valence-electron chi connectivity index (χ2n) is 10.7. The van der Waals surface area contributed by atoms with Gasteiger partial charge < -0.3 is 29.1 Å². The Kier molecular flexibility index (Phi) is 8.81. The molecule has 3 aliphatic heterocycles. The van der Waals surface area contributed by atoms with E-state index in [1.807, 2.05) is 6.92 Å². The zero-order chi connectivity index (χ0) is 28.2. The van der Waals surface area contributed by atoms with E-state index < -0.39 is 35.0 Å². The third-order valence-corrected chi connectivity index (χ3v) is 8.35. The number of benzene rings is 1.